The van der Waals surface area contributed by atoms with Gasteiger partial charge in [-0.15, -0.1) is 0 Å². The smallest absolute Gasteiger partial charge is 0.190 e. The van der Waals surface area contributed by atoms with Gasteiger partial charge in [0.1, 0.15) is 0 Å². The number of anilines is 1. The first kappa shape index (κ1) is 22.8. The lowest BCUT2D eigenvalue weighted by Gasteiger charge is -2.36. The standard InChI is InChI=1S/C23H39N5O2/c1-20-5-3-6-21(17-20)28-13-11-27(12-14-28)10-4-9-25-22(24-2)26-18-23(7-15-29)8-16-30-19-23/h3,5-6,17,29H,4,7-16,18-19H2,1-2H3,(H2,24,25,26). The van der Waals surface area contributed by atoms with Gasteiger partial charge in [0.2, 0.25) is 0 Å². The summed E-state index contributed by atoms with van der Waals surface area (Å²) in [4.78, 5) is 9.39. The van der Waals surface area contributed by atoms with Crippen LogP contribution in [0.25, 0.3) is 0 Å². The Labute approximate surface area is 181 Å². The van der Waals surface area contributed by atoms with E-state index < -0.39 is 0 Å². The monoisotopic (exact) mass is 417 g/mol. The highest BCUT2D eigenvalue weighted by Gasteiger charge is 2.34. The van der Waals surface area contributed by atoms with Gasteiger partial charge in [-0.1, -0.05) is 12.1 Å². The molecule has 0 amide bonds. The van der Waals surface area contributed by atoms with Crippen LogP contribution in [-0.4, -0.2) is 88.6 Å². The van der Waals surface area contributed by atoms with Crippen LogP contribution in [0.2, 0.25) is 0 Å². The summed E-state index contributed by atoms with van der Waals surface area (Å²) >= 11 is 0. The number of nitrogens with zero attached hydrogens (tertiary/aromatic N) is 3. The highest BCUT2D eigenvalue weighted by atomic mass is 16.5. The van der Waals surface area contributed by atoms with E-state index in [9.17, 15) is 5.11 Å². The van der Waals surface area contributed by atoms with Gasteiger partial charge in [0.05, 0.1) is 6.61 Å². The Kier molecular flexibility index (Phi) is 8.78. The maximum atomic E-state index is 9.37. The summed E-state index contributed by atoms with van der Waals surface area (Å²) in [5.74, 6) is 0.837. The van der Waals surface area contributed by atoms with E-state index >= 15 is 0 Å². The van der Waals surface area contributed by atoms with Gasteiger partial charge in [0.15, 0.2) is 5.96 Å². The van der Waals surface area contributed by atoms with Crippen LogP contribution in [0, 0.1) is 12.3 Å². The largest absolute Gasteiger partial charge is 0.396 e. The molecule has 7 nitrogen and oxygen atoms in total. The van der Waals surface area contributed by atoms with E-state index in [4.69, 9.17) is 4.74 Å². The summed E-state index contributed by atoms with van der Waals surface area (Å²) < 4.78 is 5.57. The number of aliphatic hydroxyl groups excluding tert-OH is 1. The number of aliphatic hydroxyl groups is 1. The predicted octanol–water partition coefficient (Wildman–Crippen LogP) is 1.46. The van der Waals surface area contributed by atoms with Crippen molar-refractivity contribution in [3.63, 3.8) is 0 Å². The molecule has 0 spiro atoms. The van der Waals surface area contributed by atoms with Crippen molar-refractivity contribution in [2.45, 2.75) is 26.2 Å². The molecule has 0 bridgehead atoms. The summed E-state index contributed by atoms with van der Waals surface area (Å²) in [7, 11) is 1.81. The molecule has 2 aliphatic heterocycles. The quantitative estimate of drug-likeness (QED) is 0.321. The molecular weight excluding hydrogens is 378 g/mol. The lowest BCUT2D eigenvalue weighted by Crippen LogP contribution is -2.47. The van der Waals surface area contributed by atoms with E-state index in [0.717, 1.165) is 77.6 Å². The molecule has 3 N–H and O–H groups in total. The van der Waals surface area contributed by atoms with Gasteiger partial charge in [-0.25, -0.2) is 0 Å². The highest BCUT2D eigenvalue weighted by molar-refractivity contribution is 5.79. The van der Waals surface area contributed by atoms with Gasteiger partial charge in [-0.3, -0.25) is 9.89 Å². The number of ether oxygens (including phenoxy) is 1. The van der Waals surface area contributed by atoms with Crippen LogP contribution in [0.3, 0.4) is 0 Å². The molecule has 30 heavy (non-hydrogen) atoms. The first-order valence-corrected chi connectivity index (χ1v) is 11.3. The van der Waals surface area contributed by atoms with E-state index in [-0.39, 0.29) is 12.0 Å². The number of hydrogen-bond acceptors (Lipinski definition) is 5. The van der Waals surface area contributed by atoms with Crippen LogP contribution in [0.1, 0.15) is 24.8 Å². The van der Waals surface area contributed by atoms with Crippen molar-refractivity contribution in [1.29, 1.82) is 0 Å². The first-order chi connectivity index (χ1) is 14.6. The zero-order valence-electron chi connectivity index (χ0n) is 18.7. The van der Waals surface area contributed by atoms with Crippen LogP contribution >= 0.6 is 0 Å². The van der Waals surface area contributed by atoms with Crippen LogP contribution in [0.5, 0.6) is 0 Å². The van der Waals surface area contributed by atoms with Crippen LogP contribution in [0.15, 0.2) is 29.3 Å². The molecule has 3 rings (SSSR count). The average molecular weight is 418 g/mol. The number of aryl methyl sites for hydroxylation is 1. The second-order valence-electron chi connectivity index (χ2n) is 8.65. The lowest BCUT2D eigenvalue weighted by molar-refractivity contribution is 0.127. The summed E-state index contributed by atoms with van der Waals surface area (Å²) in [6.45, 7) is 11.1. The topological polar surface area (TPSA) is 72.4 Å². The Hall–Kier alpha value is -1.83. The minimum absolute atomic E-state index is 0.0311. The third-order valence-electron chi connectivity index (χ3n) is 6.36. The molecule has 0 saturated carbocycles. The van der Waals surface area contributed by atoms with Crippen molar-refractivity contribution in [1.82, 2.24) is 15.5 Å². The van der Waals surface area contributed by atoms with Gasteiger partial charge >= 0.3 is 0 Å². The van der Waals surface area contributed by atoms with Crippen molar-refractivity contribution in [2.75, 3.05) is 77.6 Å². The van der Waals surface area contributed by atoms with E-state index in [1.807, 2.05) is 7.05 Å². The minimum Gasteiger partial charge on any atom is -0.396 e. The third kappa shape index (κ3) is 6.59. The summed E-state index contributed by atoms with van der Waals surface area (Å²) in [5, 5.41) is 16.2. The second kappa shape index (κ2) is 11.5. The molecule has 2 heterocycles. The van der Waals surface area contributed by atoms with E-state index in [2.05, 4.69) is 56.6 Å². The van der Waals surface area contributed by atoms with Crippen molar-refractivity contribution >= 4 is 11.6 Å². The molecule has 0 aliphatic carbocycles. The maximum Gasteiger partial charge on any atom is 0.190 e. The summed E-state index contributed by atoms with van der Waals surface area (Å²) in [5.41, 5.74) is 2.70. The third-order valence-corrected chi connectivity index (χ3v) is 6.36. The van der Waals surface area contributed by atoms with Crippen molar-refractivity contribution in [2.24, 2.45) is 10.4 Å². The Bertz CT molecular complexity index is 667. The molecule has 1 unspecified atom stereocenters. The number of hydrogen-bond donors (Lipinski definition) is 3. The average Bonchev–Trinajstić information content (AvgIpc) is 3.22. The van der Waals surface area contributed by atoms with Crippen molar-refractivity contribution in [3.05, 3.63) is 29.8 Å². The van der Waals surface area contributed by atoms with E-state index in [1.54, 1.807) is 0 Å². The number of nitrogens with one attached hydrogen (secondary N) is 2. The normalized spacial score (nSPS) is 23.0. The summed E-state index contributed by atoms with van der Waals surface area (Å²) in [6.07, 6.45) is 2.85. The molecule has 2 saturated heterocycles. The minimum atomic E-state index is 0.0311. The molecular formula is C23H39N5O2. The number of guanidine groups is 1. The van der Waals surface area contributed by atoms with E-state index in [0.29, 0.717) is 6.61 Å². The molecule has 0 radical (unpaired) electrons. The molecule has 2 fully saturated rings. The Morgan fingerprint density at radius 1 is 1.23 bits per heavy atom. The Morgan fingerprint density at radius 3 is 2.73 bits per heavy atom. The maximum absolute atomic E-state index is 9.37. The second-order valence-corrected chi connectivity index (χ2v) is 8.65. The lowest BCUT2D eigenvalue weighted by atomic mass is 9.84. The number of benzene rings is 1. The summed E-state index contributed by atoms with van der Waals surface area (Å²) in [6, 6.07) is 8.80. The van der Waals surface area contributed by atoms with Crippen molar-refractivity contribution < 1.29 is 9.84 Å². The fourth-order valence-corrected chi connectivity index (χ4v) is 4.37. The molecule has 0 aromatic heterocycles. The van der Waals surface area contributed by atoms with Gasteiger partial charge in [0.25, 0.3) is 0 Å². The Balaban J connectivity index is 1.31. The molecule has 1 atom stereocenters. The predicted molar refractivity (Wildman–Crippen MR) is 123 cm³/mol. The first-order valence-electron chi connectivity index (χ1n) is 11.3. The number of piperazine rings is 1. The zero-order valence-corrected chi connectivity index (χ0v) is 18.7. The molecule has 1 aromatic rings. The van der Waals surface area contributed by atoms with Gasteiger partial charge in [0, 0.05) is 70.6 Å². The molecule has 1 aromatic carbocycles. The fraction of sp³-hybridized carbons (Fsp3) is 0.696. The molecule has 2 aliphatic rings. The highest BCUT2D eigenvalue weighted by Crippen LogP contribution is 2.31. The zero-order chi connectivity index (χ0) is 21.2. The van der Waals surface area contributed by atoms with Gasteiger partial charge in [-0.05, 0) is 50.4 Å². The van der Waals surface area contributed by atoms with Gasteiger partial charge < -0.3 is 25.4 Å². The Morgan fingerprint density at radius 2 is 2.07 bits per heavy atom. The molecule has 7 heteroatoms. The van der Waals surface area contributed by atoms with Gasteiger partial charge in [-0.2, -0.15) is 0 Å². The SMILES string of the molecule is CN=C(NCCCN1CCN(c2cccc(C)c2)CC1)NCC1(CCO)CCOC1. The number of aliphatic imine (C=N–C) groups is 1. The van der Waals surface area contributed by atoms with E-state index in [1.165, 1.54) is 11.3 Å². The number of rotatable bonds is 9. The fourth-order valence-electron chi connectivity index (χ4n) is 4.37. The van der Waals surface area contributed by atoms with Crippen LogP contribution in [-0.2, 0) is 4.74 Å². The van der Waals surface area contributed by atoms with Crippen LogP contribution in [0.4, 0.5) is 5.69 Å². The van der Waals surface area contributed by atoms with Crippen molar-refractivity contribution in [3.8, 4) is 0 Å². The van der Waals surface area contributed by atoms with Crippen LogP contribution < -0.4 is 15.5 Å². The molecule has 168 valence electrons.